The number of furan rings is 1. The van der Waals surface area contributed by atoms with Crippen molar-refractivity contribution >= 4 is 35.9 Å². The van der Waals surface area contributed by atoms with Gasteiger partial charge >= 0.3 is 0 Å². The minimum atomic E-state index is 0. The number of aliphatic imine (C=N–C) groups is 1. The van der Waals surface area contributed by atoms with E-state index in [1.54, 1.807) is 18.7 Å². The van der Waals surface area contributed by atoms with Crippen molar-refractivity contribution in [2.75, 3.05) is 31.1 Å². The van der Waals surface area contributed by atoms with Crippen molar-refractivity contribution in [1.29, 1.82) is 0 Å². The molecular weight excluding hydrogens is 467 g/mol. The lowest BCUT2D eigenvalue weighted by Crippen LogP contribution is -2.49. The van der Waals surface area contributed by atoms with Gasteiger partial charge in [-0.3, -0.25) is 4.99 Å². The van der Waals surface area contributed by atoms with Crippen molar-refractivity contribution in [1.82, 2.24) is 20.6 Å². The first-order valence-corrected chi connectivity index (χ1v) is 9.94. The van der Waals surface area contributed by atoms with Crippen LogP contribution in [0.25, 0.3) is 0 Å². The van der Waals surface area contributed by atoms with Crippen molar-refractivity contribution < 1.29 is 4.42 Å². The number of rotatable bonds is 8. The summed E-state index contributed by atoms with van der Waals surface area (Å²) in [7, 11) is 0. The molecule has 2 N–H and O–H groups in total. The van der Waals surface area contributed by atoms with E-state index < -0.39 is 0 Å². The van der Waals surface area contributed by atoms with Crippen LogP contribution in [0.1, 0.15) is 38.4 Å². The maximum atomic E-state index is 5.40. The molecule has 0 aromatic carbocycles. The van der Waals surface area contributed by atoms with E-state index in [1.807, 2.05) is 18.2 Å². The summed E-state index contributed by atoms with van der Waals surface area (Å²) in [5.74, 6) is 2.72. The van der Waals surface area contributed by atoms with E-state index in [-0.39, 0.29) is 24.0 Å². The van der Waals surface area contributed by atoms with Crippen LogP contribution in [0.4, 0.5) is 5.95 Å². The Morgan fingerprint density at radius 1 is 1.25 bits per heavy atom. The van der Waals surface area contributed by atoms with Crippen LogP contribution in [0.5, 0.6) is 0 Å². The Balaban J connectivity index is 0.00000280. The number of unbranched alkanes of at least 4 members (excludes halogenated alkanes) is 1. The first-order valence-electron chi connectivity index (χ1n) is 9.94. The zero-order chi connectivity index (χ0) is 18.7. The predicted molar refractivity (Wildman–Crippen MR) is 123 cm³/mol. The van der Waals surface area contributed by atoms with Crippen molar-refractivity contribution in [2.24, 2.45) is 4.99 Å². The van der Waals surface area contributed by atoms with E-state index in [4.69, 9.17) is 9.41 Å². The minimum absolute atomic E-state index is 0. The molecule has 0 radical (unpaired) electrons. The summed E-state index contributed by atoms with van der Waals surface area (Å²) in [4.78, 5) is 15.7. The molecule has 2 aromatic rings. The van der Waals surface area contributed by atoms with E-state index in [1.165, 1.54) is 0 Å². The summed E-state index contributed by atoms with van der Waals surface area (Å²) in [6.45, 7) is 5.76. The van der Waals surface area contributed by atoms with Gasteiger partial charge in [-0.15, -0.1) is 24.0 Å². The van der Waals surface area contributed by atoms with Gasteiger partial charge in [-0.1, -0.05) is 13.3 Å². The van der Waals surface area contributed by atoms with Gasteiger partial charge in [0.25, 0.3) is 0 Å². The van der Waals surface area contributed by atoms with Gasteiger partial charge in [0.1, 0.15) is 5.76 Å². The van der Waals surface area contributed by atoms with Crippen LogP contribution < -0.4 is 15.5 Å². The van der Waals surface area contributed by atoms with E-state index in [0.717, 1.165) is 76.0 Å². The lowest BCUT2D eigenvalue weighted by molar-refractivity contribution is 0.456. The first-order chi connectivity index (χ1) is 13.3. The molecule has 1 fully saturated rings. The average molecular weight is 498 g/mol. The Bertz CT molecular complexity index is 671. The monoisotopic (exact) mass is 498 g/mol. The number of halogens is 1. The van der Waals surface area contributed by atoms with E-state index in [2.05, 4.69) is 32.4 Å². The predicted octanol–water partition coefficient (Wildman–Crippen LogP) is 3.23. The highest BCUT2D eigenvalue weighted by Gasteiger charge is 2.21. The van der Waals surface area contributed by atoms with Crippen LogP contribution in [0.15, 0.2) is 46.3 Å². The third kappa shape index (κ3) is 7.29. The van der Waals surface area contributed by atoms with Crippen molar-refractivity contribution in [3.63, 3.8) is 0 Å². The maximum Gasteiger partial charge on any atom is 0.225 e. The summed E-state index contributed by atoms with van der Waals surface area (Å²) < 4.78 is 5.40. The van der Waals surface area contributed by atoms with Gasteiger partial charge in [-0.2, -0.15) is 0 Å². The minimum Gasteiger partial charge on any atom is -0.469 e. The summed E-state index contributed by atoms with van der Waals surface area (Å²) in [5, 5.41) is 7.06. The first kappa shape index (κ1) is 22.4. The zero-order valence-corrected chi connectivity index (χ0v) is 18.8. The number of anilines is 1. The van der Waals surface area contributed by atoms with E-state index >= 15 is 0 Å². The molecule has 0 spiro atoms. The molecule has 2 aromatic heterocycles. The van der Waals surface area contributed by atoms with Gasteiger partial charge in [-0.05, 0) is 37.5 Å². The highest BCUT2D eigenvalue weighted by molar-refractivity contribution is 14.0. The SMILES string of the molecule is CCCCN=C(NCCc1ccco1)NC1CCN(c2ncccn2)CC1.I. The molecule has 0 unspecified atom stereocenters. The zero-order valence-electron chi connectivity index (χ0n) is 16.5. The van der Waals surface area contributed by atoms with Crippen LogP contribution in [0.3, 0.4) is 0 Å². The molecule has 28 heavy (non-hydrogen) atoms. The van der Waals surface area contributed by atoms with Crippen LogP contribution >= 0.6 is 24.0 Å². The van der Waals surface area contributed by atoms with Gasteiger partial charge in [0.15, 0.2) is 5.96 Å². The van der Waals surface area contributed by atoms with Gasteiger partial charge < -0.3 is 20.0 Å². The van der Waals surface area contributed by atoms with Gasteiger partial charge in [0, 0.05) is 51.0 Å². The van der Waals surface area contributed by atoms with E-state index in [0.29, 0.717) is 6.04 Å². The molecule has 0 saturated carbocycles. The molecule has 0 bridgehead atoms. The van der Waals surface area contributed by atoms with Gasteiger partial charge in [-0.25, -0.2) is 9.97 Å². The molecular formula is C20H31IN6O. The van der Waals surface area contributed by atoms with Crippen LogP contribution in [-0.4, -0.2) is 48.1 Å². The summed E-state index contributed by atoms with van der Waals surface area (Å²) in [5.41, 5.74) is 0. The maximum absolute atomic E-state index is 5.40. The lowest BCUT2D eigenvalue weighted by atomic mass is 10.1. The highest BCUT2D eigenvalue weighted by Crippen LogP contribution is 2.15. The smallest absolute Gasteiger partial charge is 0.225 e. The topological polar surface area (TPSA) is 78.6 Å². The Hall–Kier alpha value is -1.84. The molecule has 154 valence electrons. The number of hydrogen-bond donors (Lipinski definition) is 2. The molecule has 0 amide bonds. The number of nitrogens with one attached hydrogen (secondary N) is 2. The fourth-order valence-corrected chi connectivity index (χ4v) is 3.13. The third-order valence-corrected chi connectivity index (χ3v) is 4.70. The lowest BCUT2D eigenvalue weighted by Gasteiger charge is -2.33. The highest BCUT2D eigenvalue weighted by atomic mass is 127. The number of aromatic nitrogens is 2. The normalized spacial score (nSPS) is 15.2. The second kappa shape index (κ2) is 12.6. The number of guanidine groups is 1. The van der Waals surface area contributed by atoms with Crippen LogP contribution in [0, 0.1) is 0 Å². The summed E-state index contributed by atoms with van der Waals surface area (Å²) in [6, 6.07) is 6.20. The third-order valence-electron chi connectivity index (χ3n) is 4.70. The molecule has 1 aliphatic rings. The Labute approximate surface area is 184 Å². The second-order valence-electron chi connectivity index (χ2n) is 6.79. The van der Waals surface area contributed by atoms with Crippen LogP contribution in [0.2, 0.25) is 0 Å². The molecule has 0 aliphatic carbocycles. The number of piperidine rings is 1. The standard InChI is InChI=1S/C20H30N6O.HI/c1-2-3-10-21-19(22-13-7-18-6-4-16-27-18)25-17-8-14-26(15-9-17)20-23-11-5-12-24-20;/h4-6,11-12,16-17H,2-3,7-10,13-15H2,1H3,(H2,21,22,25);1H. The average Bonchev–Trinajstić information content (AvgIpc) is 3.23. The molecule has 1 aliphatic heterocycles. The Kier molecular flexibility index (Phi) is 10.1. The fraction of sp³-hybridized carbons (Fsp3) is 0.550. The summed E-state index contributed by atoms with van der Waals surface area (Å²) in [6.07, 6.45) is 10.5. The molecule has 8 heteroatoms. The van der Waals surface area contributed by atoms with Crippen molar-refractivity contribution in [3.05, 3.63) is 42.6 Å². The van der Waals surface area contributed by atoms with E-state index in [9.17, 15) is 0 Å². The Morgan fingerprint density at radius 2 is 2.04 bits per heavy atom. The number of nitrogens with zero attached hydrogens (tertiary/aromatic N) is 4. The molecule has 3 rings (SSSR count). The molecule has 3 heterocycles. The molecule has 1 saturated heterocycles. The molecule has 0 atom stereocenters. The fourth-order valence-electron chi connectivity index (χ4n) is 3.13. The van der Waals surface area contributed by atoms with Crippen LogP contribution in [-0.2, 0) is 6.42 Å². The van der Waals surface area contributed by atoms with Crippen molar-refractivity contribution in [2.45, 2.75) is 45.1 Å². The quantitative estimate of drug-likeness (QED) is 0.252. The number of hydrogen-bond acceptors (Lipinski definition) is 5. The second-order valence-corrected chi connectivity index (χ2v) is 6.79. The molecule has 7 nitrogen and oxygen atoms in total. The van der Waals surface area contributed by atoms with Crippen molar-refractivity contribution in [3.8, 4) is 0 Å². The largest absolute Gasteiger partial charge is 0.469 e. The van der Waals surface area contributed by atoms with Gasteiger partial charge in [0.2, 0.25) is 5.95 Å². The van der Waals surface area contributed by atoms with Gasteiger partial charge in [0.05, 0.1) is 6.26 Å². The Morgan fingerprint density at radius 3 is 2.71 bits per heavy atom. The summed E-state index contributed by atoms with van der Waals surface area (Å²) >= 11 is 0.